The van der Waals surface area contributed by atoms with Crippen molar-refractivity contribution in [2.24, 2.45) is 11.8 Å². The van der Waals surface area contributed by atoms with E-state index in [9.17, 15) is 5.11 Å². The molecule has 1 aliphatic rings. The molecule has 0 aromatic carbocycles. The zero-order valence-corrected chi connectivity index (χ0v) is 9.30. The summed E-state index contributed by atoms with van der Waals surface area (Å²) in [6, 6.07) is 0. The van der Waals surface area contributed by atoms with Gasteiger partial charge in [0.1, 0.15) is 5.82 Å². The lowest BCUT2D eigenvalue weighted by atomic mass is 9.82. The van der Waals surface area contributed by atoms with Crippen LogP contribution < -0.4 is 16.2 Å². The normalized spacial score (nSPS) is 23.7. The number of hydrogen-bond acceptors (Lipinski definition) is 6. The molecule has 0 unspecified atom stereocenters. The van der Waals surface area contributed by atoms with Gasteiger partial charge in [0.25, 0.3) is 0 Å². The fraction of sp³-hybridized carbons (Fsp3) is 0.600. The van der Waals surface area contributed by atoms with Crippen LogP contribution >= 0.6 is 0 Å². The van der Waals surface area contributed by atoms with Crippen LogP contribution in [0.25, 0.3) is 0 Å². The molecular weight excluding hydrogens is 206 g/mol. The second kappa shape index (κ2) is 4.63. The number of aliphatic hydroxyl groups is 1. The van der Waals surface area contributed by atoms with Gasteiger partial charge in [-0.2, -0.15) is 0 Å². The lowest BCUT2D eigenvalue weighted by Crippen LogP contribution is -2.37. The summed E-state index contributed by atoms with van der Waals surface area (Å²) in [6.45, 7) is 0.889. The van der Waals surface area contributed by atoms with Gasteiger partial charge < -0.3 is 15.4 Å². The lowest BCUT2D eigenvalue weighted by molar-refractivity contribution is 0.0464. The van der Waals surface area contributed by atoms with Crippen LogP contribution in [0, 0.1) is 5.92 Å². The second-order valence-electron chi connectivity index (χ2n) is 4.28. The van der Waals surface area contributed by atoms with Crippen LogP contribution in [0.15, 0.2) is 12.4 Å². The highest BCUT2D eigenvalue weighted by molar-refractivity contribution is 5.42. The standard InChI is InChI=1S/C10H17N5O/c1-15(6-7-2-8(16)3-7)10-5-12-4-9(13-10)14-11/h4-5,7-8,16H,2-3,6,11H2,1H3,(H,13,14). The number of rotatable bonds is 4. The van der Waals surface area contributed by atoms with Crippen LogP contribution in [-0.2, 0) is 0 Å². The zero-order valence-electron chi connectivity index (χ0n) is 9.30. The molecule has 0 saturated heterocycles. The Kier molecular flexibility index (Phi) is 3.21. The second-order valence-corrected chi connectivity index (χ2v) is 4.28. The molecule has 6 heteroatoms. The Morgan fingerprint density at radius 3 is 2.94 bits per heavy atom. The number of nitrogens with one attached hydrogen (secondary N) is 1. The number of aliphatic hydroxyl groups excluding tert-OH is 1. The molecule has 0 aliphatic heterocycles. The summed E-state index contributed by atoms with van der Waals surface area (Å²) in [5.74, 6) is 7.17. The highest BCUT2D eigenvalue weighted by Crippen LogP contribution is 2.28. The Hall–Kier alpha value is -1.40. The van der Waals surface area contributed by atoms with E-state index in [1.165, 1.54) is 0 Å². The monoisotopic (exact) mass is 223 g/mol. The first-order chi connectivity index (χ1) is 7.69. The smallest absolute Gasteiger partial charge is 0.160 e. The molecule has 1 aromatic rings. The Labute approximate surface area is 94.5 Å². The van der Waals surface area contributed by atoms with Gasteiger partial charge in [-0.1, -0.05) is 0 Å². The number of hydrazine groups is 1. The van der Waals surface area contributed by atoms with Crippen molar-refractivity contribution in [3.8, 4) is 0 Å². The minimum absolute atomic E-state index is 0.110. The minimum Gasteiger partial charge on any atom is -0.393 e. The Bertz CT molecular complexity index is 353. The number of hydrogen-bond donors (Lipinski definition) is 3. The summed E-state index contributed by atoms with van der Waals surface area (Å²) in [7, 11) is 1.97. The predicted molar refractivity (Wildman–Crippen MR) is 61.8 cm³/mol. The van der Waals surface area contributed by atoms with Crippen LogP contribution in [-0.4, -0.2) is 34.8 Å². The average Bonchev–Trinajstić information content (AvgIpc) is 2.27. The van der Waals surface area contributed by atoms with Crippen LogP contribution in [0.5, 0.6) is 0 Å². The Balaban J connectivity index is 1.94. The van der Waals surface area contributed by atoms with E-state index in [-0.39, 0.29) is 6.10 Å². The lowest BCUT2D eigenvalue weighted by Gasteiger charge is -2.34. The number of anilines is 2. The summed E-state index contributed by atoms with van der Waals surface area (Å²) < 4.78 is 0. The number of nitrogens with two attached hydrogens (primary N) is 1. The van der Waals surface area contributed by atoms with Crippen molar-refractivity contribution in [2.75, 3.05) is 23.9 Å². The van der Waals surface area contributed by atoms with Crippen molar-refractivity contribution in [2.45, 2.75) is 18.9 Å². The van der Waals surface area contributed by atoms with Crippen molar-refractivity contribution in [1.29, 1.82) is 0 Å². The molecule has 4 N–H and O–H groups in total. The highest BCUT2D eigenvalue weighted by atomic mass is 16.3. The van der Waals surface area contributed by atoms with Gasteiger partial charge >= 0.3 is 0 Å². The maximum Gasteiger partial charge on any atom is 0.160 e. The molecule has 1 saturated carbocycles. The molecule has 2 rings (SSSR count). The van der Waals surface area contributed by atoms with E-state index in [2.05, 4.69) is 15.4 Å². The summed E-state index contributed by atoms with van der Waals surface area (Å²) in [5.41, 5.74) is 2.47. The van der Waals surface area contributed by atoms with Crippen molar-refractivity contribution < 1.29 is 5.11 Å². The van der Waals surface area contributed by atoms with Gasteiger partial charge in [0.2, 0.25) is 0 Å². The van der Waals surface area contributed by atoms with Gasteiger partial charge in [0.05, 0.1) is 18.5 Å². The van der Waals surface area contributed by atoms with Crippen LogP contribution in [0.3, 0.4) is 0 Å². The molecule has 1 aliphatic carbocycles. The van der Waals surface area contributed by atoms with Crippen LogP contribution in [0.4, 0.5) is 11.6 Å². The molecule has 0 bridgehead atoms. The summed E-state index contributed by atoms with van der Waals surface area (Å²) in [6.07, 6.45) is 4.93. The highest BCUT2D eigenvalue weighted by Gasteiger charge is 2.28. The van der Waals surface area contributed by atoms with E-state index in [0.717, 1.165) is 25.2 Å². The molecule has 16 heavy (non-hydrogen) atoms. The zero-order chi connectivity index (χ0) is 11.5. The third-order valence-corrected chi connectivity index (χ3v) is 2.90. The van der Waals surface area contributed by atoms with Gasteiger partial charge in [-0.3, -0.25) is 4.98 Å². The Morgan fingerprint density at radius 1 is 1.56 bits per heavy atom. The third kappa shape index (κ3) is 2.40. The fourth-order valence-electron chi connectivity index (χ4n) is 1.94. The first-order valence-electron chi connectivity index (χ1n) is 5.37. The number of aromatic nitrogens is 2. The average molecular weight is 223 g/mol. The van der Waals surface area contributed by atoms with E-state index in [1.807, 2.05) is 11.9 Å². The maximum atomic E-state index is 9.21. The molecule has 6 nitrogen and oxygen atoms in total. The minimum atomic E-state index is -0.110. The molecule has 1 heterocycles. The van der Waals surface area contributed by atoms with Crippen molar-refractivity contribution in [3.05, 3.63) is 12.4 Å². The van der Waals surface area contributed by atoms with Crippen molar-refractivity contribution in [1.82, 2.24) is 9.97 Å². The van der Waals surface area contributed by atoms with Crippen LogP contribution in [0.2, 0.25) is 0 Å². The first kappa shape index (κ1) is 11.1. The molecule has 0 amide bonds. The maximum absolute atomic E-state index is 9.21. The Morgan fingerprint density at radius 2 is 2.31 bits per heavy atom. The van der Waals surface area contributed by atoms with Gasteiger partial charge in [0, 0.05) is 13.6 Å². The van der Waals surface area contributed by atoms with Gasteiger partial charge in [0.15, 0.2) is 5.82 Å². The van der Waals surface area contributed by atoms with Crippen molar-refractivity contribution >= 4 is 11.6 Å². The van der Waals surface area contributed by atoms with Gasteiger partial charge in [-0.15, -0.1) is 0 Å². The molecule has 0 atom stereocenters. The number of nitrogen functional groups attached to an aromatic ring is 1. The predicted octanol–water partition coefficient (Wildman–Crippen LogP) is -0.0307. The van der Waals surface area contributed by atoms with E-state index < -0.39 is 0 Å². The van der Waals surface area contributed by atoms with Crippen molar-refractivity contribution in [3.63, 3.8) is 0 Å². The van der Waals surface area contributed by atoms with E-state index >= 15 is 0 Å². The molecule has 1 aromatic heterocycles. The molecule has 88 valence electrons. The fourth-order valence-corrected chi connectivity index (χ4v) is 1.94. The molecular formula is C10H17N5O. The summed E-state index contributed by atoms with van der Waals surface area (Å²) in [4.78, 5) is 10.4. The summed E-state index contributed by atoms with van der Waals surface area (Å²) in [5, 5.41) is 9.21. The summed E-state index contributed by atoms with van der Waals surface area (Å²) >= 11 is 0. The largest absolute Gasteiger partial charge is 0.393 e. The molecule has 0 spiro atoms. The van der Waals surface area contributed by atoms with Crippen LogP contribution in [0.1, 0.15) is 12.8 Å². The topological polar surface area (TPSA) is 87.3 Å². The first-order valence-corrected chi connectivity index (χ1v) is 5.37. The van der Waals surface area contributed by atoms with E-state index in [1.54, 1.807) is 12.4 Å². The number of nitrogens with zero attached hydrogens (tertiary/aromatic N) is 3. The SMILES string of the molecule is CN(CC1CC(O)C1)c1cncc(NN)n1. The van der Waals surface area contributed by atoms with E-state index in [0.29, 0.717) is 11.7 Å². The third-order valence-electron chi connectivity index (χ3n) is 2.90. The molecule has 0 radical (unpaired) electrons. The van der Waals surface area contributed by atoms with Gasteiger partial charge in [-0.05, 0) is 18.8 Å². The van der Waals surface area contributed by atoms with Gasteiger partial charge in [-0.25, -0.2) is 10.8 Å². The molecule has 1 fully saturated rings. The quantitative estimate of drug-likeness (QED) is 0.491. The van der Waals surface area contributed by atoms with E-state index in [4.69, 9.17) is 5.84 Å².